The molecule has 0 spiro atoms. The summed E-state index contributed by atoms with van der Waals surface area (Å²) in [7, 11) is 0. The number of benzene rings is 1. The number of rotatable bonds is 7. The number of nitrogens with zero attached hydrogens (tertiary/aromatic N) is 3. The van der Waals surface area contributed by atoms with E-state index < -0.39 is 17.1 Å². The van der Waals surface area contributed by atoms with Gasteiger partial charge in [0.25, 0.3) is 11.5 Å². The smallest absolute Gasteiger partial charge is 0.336 e. The highest BCUT2D eigenvalue weighted by Crippen LogP contribution is 2.19. The molecular weight excluding hydrogens is 447 g/mol. The lowest BCUT2D eigenvalue weighted by molar-refractivity contribution is 0.0954. The summed E-state index contributed by atoms with van der Waals surface area (Å²) in [6.07, 6.45) is 3.02. The van der Waals surface area contributed by atoms with Crippen molar-refractivity contribution in [1.29, 1.82) is 0 Å². The van der Waals surface area contributed by atoms with Crippen molar-refractivity contribution in [2.24, 2.45) is 0 Å². The molecule has 0 saturated heterocycles. The first-order chi connectivity index (χ1) is 15.9. The summed E-state index contributed by atoms with van der Waals surface area (Å²) in [5, 5.41) is 2.81. The molecule has 4 aromatic rings. The van der Waals surface area contributed by atoms with Crippen molar-refractivity contribution in [1.82, 2.24) is 19.3 Å². The maximum Gasteiger partial charge on any atom is 0.336 e. The maximum atomic E-state index is 13.5. The summed E-state index contributed by atoms with van der Waals surface area (Å²) >= 11 is 1.06. The Labute approximate surface area is 191 Å². The van der Waals surface area contributed by atoms with Crippen molar-refractivity contribution in [3.63, 3.8) is 0 Å². The van der Waals surface area contributed by atoms with E-state index in [0.29, 0.717) is 28.4 Å². The third kappa shape index (κ3) is 4.70. The van der Waals surface area contributed by atoms with Gasteiger partial charge >= 0.3 is 5.69 Å². The number of ether oxygens (including phenoxy) is 1. The predicted molar refractivity (Wildman–Crippen MR) is 123 cm³/mol. The number of aryl methyl sites for hydroxylation is 1. The second-order valence-electron chi connectivity index (χ2n) is 7.32. The second kappa shape index (κ2) is 9.37. The van der Waals surface area contributed by atoms with Gasteiger partial charge < -0.3 is 10.1 Å². The molecule has 0 aliphatic rings. The standard InChI is InChI=1S/C23H21FN4O4S/c1-3-32-19-10-15(7-8-25-19)11-26-20(29)18-13-28-22(33-18)14(2)21(30)27(23(28)31)12-16-5-4-6-17(24)9-16/h4-10,13H,3,11-12H2,1-2H3,(H,26,29). The van der Waals surface area contributed by atoms with Crippen molar-refractivity contribution < 1.29 is 13.9 Å². The first kappa shape index (κ1) is 22.4. The Morgan fingerprint density at radius 3 is 2.79 bits per heavy atom. The van der Waals surface area contributed by atoms with Crippen molar-refractivity contribution in [3.8, 4) is 5.88 Å². The van der Waals surface area contributed by atoms with Crippen molar-refractivity contribution in [2.75, 3.05) is 6.61 Å². The Morgan fingerprint density at radius 1 is 1.21 bits per heavy atom. The predicted octanol–water partition coefficient (Wildman–Crippen LogP) is 2.74. The van der Waals surface area contributed by atoms with Gasteiger partial charge in [-0.05, 0) is 43.2 Å². The number of amides is 1. The number of nitrogens with one attached hydrogen (secondary N) is 1. The molecule has 0 atom stereocenters. The van der Waals surface area contributed by atoms with E-state index >= 15 is 0 Å². The monoisotopic (exact) mass is 468 g/mol. The lowest BCUT2D eigenvalue weighted by atomic mass is 10.2. The fraction of sp³-hybridized carbons (Fsp3) is 0.217. The van der Waals surface area contributed by atoms with Crippen LogP contribution in [0.1, 0.15) is 33.3 Å². The molecule has 0 bridgehead atoms. The number of carbonyl (C=O) groups is 1. The highest BCUT2D eigenvalue weighted by Gasteiger charge is 2.18. The summed E-state index contributed by atoms with van der Waals surface area (Å²) in [4.78, 5) is 43.3. The molecule has 0 unspecified atom stereocenters. The molecule has 3 heterocycles. The molecule has 0 saturated carbocycles. The Hall–Kier alpha value is -3.79. The second-order valence-corrected chi connectivity index (χ2v) is 8.35. The van der Waals surface area contributed by atoms with E-state index in [-0.39, 0.29) is 23.9 Å². The van der Waals surface area contributed by atoms with Crippen LogP contribution in [0, 0.1) is 12.7 Å². The minimum Gasteiger partial charge on any atom is -0.478 e. The van der Waals surface area contributed by atoms with Crippen molar-refractivity contribution >= 4 is 22.1 Å². The van der Waals surface area contributed by atoms with Gasteiger partial charge in [0.1, 0.15) is 15.5 Å². The molecule has 8 nitrogen and oxygen atoms in total. The fourth-order valence-corrected chi connectivity index (χ4v) is 4.39. The van der Waals surface area contributed by atoms with E-state index in [9.17, 15) is 18.8 Å². The first-order valence-electron chi connectivity index (χ1n) is 10.2. The van der Waals surface area contributed by atoms with E-state index in [1.807, 2.05) is 6.92 Å². The molecule has 170 valence electrons. The Balaban J connectivity index is 1.61. The van der Waals surface area contributed by atoms with Crippen molar-refractivity contribution in [3.05, 3.63) is 97.0 Å². The van der Waals surface area contributed by atoms with Gasteiger partial charge in [0, 0.05) is 30.6 Å². The molecule has 1 N–H and O–H groups in total. The third-order valence-electron chi connectivity index (χ3n) is 4.99. The number of halogens is 1. The SMILES string of the molecule is CCOc1cc(CNC(=O)c2cn3c(=O)n(Cc4cccc(F)c4)c(=O)c(C)c3s2)ccn1. The highest BCUT2D eigenvalue weighted by atomic mass is 32.1. The lowest BCUT2D eigenvalue weighted by Crippen LogP contribution is -2.38. The van der Waals surface area contributed by atoms with Crippen LogP contribution >= 0.6 is 11.3 Å². The largest absolute Gasteiger partial charge is 0.478 e. The van der Waals surface area contributed by atoms with E-state index in [4.69, 9.17) is 4.74 Å². The summed E-state index contributed by atoms with van der Waals surface area (Å²) < 4.78 is 21.2. The first-order valence-corrected chi connectivity index (χ1v) is 11.0. The van der Waals surface area contributed by atoms with Crippen LogP contribution in [0.5, 0.6) is 5.88 Å². The maximum absolute atomic E-state index is 13.5. The van der Waals surface area contributed by atoms with Crippen LogP contribution in [0.4, 0.5) is 4.39 Å². The Morgan fingerprint density at radius 2 is 2.03 bits per heavy atom. The van der Waals surface area contributed by atoms with Gasteiger partial charge in [-0.15, -0.1) is 11.3 Å². The van der Waals surface area contributed by atoms with Crippen LogP contribution in [0.25, 0.3) is 4.83 Å². The van der Waals surface area contributed by atoms with E-state index in [1.165, 1.54) is 28.8 Å². The fourth-order valence-electron chi connectivity index (χ4n) is 3.38. The van der Waals surface area contributed by atoms with Gasteiger partial charge in [-0.3, -0.25) is 18.6 Å². The third-order valence-corrected chi connectivity index (χ3v) is 6.20. The molecule has 3 aromatic heterocycles. The number of hydrogen-bond acceptors (Lipinski definition) is 6. The van der Waals surface area contributed by atoms with E-state index in [1.54, 1.807) is 31.3 Å². The Bertz CT molecular complexity index is 1460. The van der Waals surface area contributed by atoms with Crippen LogP contribution in [0.15, 0.2) is 58.4 Å². The van der Waals surface area contributed by atoms with Crippen LogP contribution in [0.3, 0.4) is 0 Å². The van der Waals surface area contributed by atoms with E-state index in [0.717, 1.165) is 21.5 Å². The van der Waals surface area contributed by atoms with Gasteiger partial charge in [0.15, 0.2) is 0 Å². The number of pyridine rings is 1. The Kier molecular flexibility index (Phi) is 6.36. The molecule has 0 aliphatic carbocycles. The minimum absolute atomic E-state index is 0.0687. The molecule has 0 fully saturated rings. The summed E-state index contributed by atoms with van der Waals surface area (Å²) in [6.45, 7) is 4.12. The molecular formula is C23H21FN4O4S. The average molecular weight is 469 g/mol. The summed E-state index contributed by atoms with van der Waals surface area (Å²) in [5.41, 5.74) is 0.580. The number of thiazole rings is 1. The molecule has 4 rings (SSSR count). The summed E-state index contributed by atoms with van der Waals surface area (Å²) in [5.74, 6) is -0.351. The van der Waals surface area contributed by atoms with Gasteiger partial charge in [-0.1, -0.05) is 12.1 Å². The van der Waals surface area contributed by atoms with Crippen LogP contribution in [0.2, 0.25) is 0 Å². The molecule has 0 aliphatic heterocycles. The van der Waals surface area contributed by atoms with E-state index in [2.05, 4.69) is 10.3 Å². The van der Waals surface area contributed by atoms with Crippen LogP contribution in [-0.2, 0) is 13.1 Å². The molecule has 0 radical (unpaired) electrons. The summed E-state index contributed by atoms with van der Waals surface area (Å²) in [6, 6.07) is 9.23. The molecule has 1 aromatic carbocycles. The zero-order chi connectivity index (χ0) is 23.5. The quantitative estimate of drug-likeness (QED) is 0.450. The molecule has 33 heavy (non-hydrogen) atoms. The van der Waals surface area contributed by atoms with Gasteiger partial charge in [0.2, 0.25) is 5.88 Å². The van der Waals surface area contributed by atoms with Crippen molar-refractivity contribution in [2.45, 2.75) is 26.9 Å². The number of aromatic nitrogens is 3. The van der Waals surface area contributed by atoms with Gasteiger partial charge in [-0.25, -0.2) is 14.2 Å². The van der Waals surface area contributed by atoms with Crippen LogP contribution < -0.4 is 21.3 Å². The zero-order valence-corrected chi connectivity index (χ0v) is 18.8. The highest BCUT2D eigenvalue weighted by molar-refractivity contribution is 7.19. The van der Waals surface area contributed by atoms with Gasteiger partial charge in [0.05, 0.1) is 13.2 Å². The van der Waals surface area contributed by atoms with Gasteiger partial charge in [-0.2, -0.15) is 0 Å². The van der Waals surface area contributed by atoms with Crippen LogP contribution in [-0.4, -0.2) is 26.5 Å². The number of fused-ring (bicyclic) bond motifs is 1. The number of carbonyl (C=O) groups excluding carboxylic acids is 1. The normalized spacial score (nSPS) is 11.0. The minimum atomic E-state index is -0.587. The average Bonchev–Trinajstić information content (AvgIpc) is 3.25. The number of hydrogen-bond donors (Lipinski definition) is 1. The molecule has 1 amide bonds. The lowest BCUT2D eigenvalue weighted by Gasteiger charge is -2.07. The zero-order valence-electron chi connectivity index (χ0n) is 18.0. The topological polar surface area (TPSA) is 94.7 Å². The molecule has 10 heteroatoms.